The Morgan fingerprint density at radius 1 is 1.15 bits per heavy atom. The van der Waals surface area contributed by atoms with Crippen molar-refractivity contribution >= 4 is 28.4 Å². The van der Waals surface area contributed by atoms with E-state index in [1.54, 1.807) is 0 Å². The minimum atomic E-state index is -5.14. The number of aromatic amines is 1. The van der Waals surface area contributed by atoms with Crippen molar-refractivity contribution in [1.29, 1.82) is 0 Å². The summed E-state index contributed by atoms with van der Waals surface area (Å²) in [7, 11) is 0. The van der Waals surface area contributed by atoms with Crippen molar-refractivity contribution < 1.29 is 35.9 Å². The van der Waals surface area contributed by atoms with Gasteiger partial charge in [0.05, 0.1) is 23.0 Å². The fourth-order valence-electron chi connectivity index (χ4n) is 3.77. The fourth-order valence-corrected chi connectivity index (χ4v) is 3.77. The molecular formula is C21H14F6N4O2. The predicted octanol–water partition coefficient (Wildman–Crippen LogP) is 4.52. The van der Waals surface area contributed by atoms with Crippen molar-refractivity contribution in [3.05, 3.63) is 70.3 Å². The van der Waals surface area contributed by atoms with Crippen LogP contribution >= 0.6 is 0 Å². The highest BCUT2D eigenvalue weighted by molar-refractivity contribution is 6.07. The van der Waals surface area contributed by atoms with Crippen molar-refractivity contribution in [2.75, 3.05) is 5.32 Å². The maximum atomic E-state index is 14.7. The molecule has 2 aromatic carbocycles. The maximum absolute atomic E-state index is 14.7. The first-order chi connectivity index (χ1) is 15.5. The van der Waals surface area contributed by atoms with Gasteiger partial charge in [0.1, 0.15) is 5.82 Å². The van der Waals surface area contributed by atoms with E-state index in [0.29, 0.717) is 23.0 Å². The molecule has 2 heterocycles. The maximum Gasteiger partial charge on any atom is 0.419 e. The van der Waals surface area contributed by atoms with Crippen LogP contribution in [0.1, 0.15) is 30.4 Å². The second kappa shape index (κ2) is 7.94. The summed E-state index contributed by atoms with van der Waals surface area (Å²) >= 11 is 0. The van der Waals surface area contributed by atoms with E-state index in [1.807, 2.05) is 0 Å². The van der Waals surface area contributed by atoms with Crippen LogP contribution in [0.5, 0.6) is 0 Å². The molecule has 0 radical (unpaired) electrons. The lowest BCUT2D eigenvalue weighted by atomic mass is 9.83. The van der Waals surface area contributed by atoms with Crippen molar-refractivity contribution in [2.45, 2.75) is 25.4 Å². The molecule has 1 atom stereocenters. The molecule has 0 aliphatic carbocycles. The smallest absolute Gasteiger partial charge is 0.330 e. The number of nitrogens with one attached hydrogen (secondary N) is 3. The highest BCUT2D eigenvalue weighted by Crippen LogP contribution is 2.39. The summed E-state index contributed by atoms with van der Waals surface area (Å²) in [5, 5.41) is 11.5. The van der Waals surface area contributed by atoms with E-state index >= 15 is 0 Å². The van der Waals surface area contributed by atoms with Crippen LogP contribution in [0.4, 0.5) is 32.0 Å². The number of aromatic nitrogens is 2. The average molecular weight is 468 g/mol. The van der Waals surface area contributed by atoms with Gasteiger partial charge in [-0.3, -0.25) is 14.7 Å². The molecule has 3 N–H and O–H groups in total. The van der Waals surface area contributed by atoms with Gasteiger partial charge in [-0.15, -0.1) is 0 Å². The molecule has 0 bridgehead atoms. The summed E-state index contributed by atoms with van der Waals surface area (Å²) in [6.45, 7) is 1.31. The highest BCUT2D eigenvalue weighted by Gasteiger charge is 2.39. The molecule has 3 aromatic rings. The number of halogens is 6. The lowest BCUT2D eigenvalue weighted by Gasteiger charge is -2.28. The van der Waals surface area contributed by atoms with E-state index in [9.17, 15) is 35.9 Å². The molecule has 0 saturated carbocycles. The Hall–Kier alpha value is -3.83. The standard InChI is InChI=1S/C21H14F6N4O2/c1-8-17(20(33)30-15-4-9-7-28-31-14(9)6-13(15)22)11(5-16(32)29-8)10-2-3-12(21(25,26)27)19(24)18(10)23/h2-4,6-7,11H,5H2,1H3,(H,28,31)(H,29,32)(H,30,33). The van der Waals surface area contributed by atoms with E-state index in [2.05, 4.69) is 20.8 Å². The van der Waals surface area contributed by atoms with E-state index < -0.39 is 58.9 Å². The Morgan fingerprint density at radius 3 is 2.58 bits per heavy atom. The van der Waals surface area contributed by atoms with Crippen LogP contribution in [-0.4, -0.2) is 22.0 Å². The Morgan fingerprint density at radius 2 is 1.88 bits per heavy atom. The molecule has 0 saturated heterocycles. The SMILES string of the molecule is CC1=C(C(=O)Nc2cc3cn[nH]c3cc2F)C(c2ccc(C(F)(F)F)c(F)c2F)CC(=O)N1. The molecule has 1 aromatic heterocycles. The van der Waals surface area contributed by atoms with Gasteiger partial charge in [0, 0.05) is 35.1 Å². The van der Waals surface area contributed by atoms with E-state index in [-0.39, 0.29) is 17.0 Å². The molecule has 4 rings (SSSR count). The Labute approximate surface area is 181 Å². The minimum absolute atomic E-state index is 0.0294. The third-order valence-electron chi connectivity index (χ3n) is 5.28. The summed E-state index contributed by atoms with van der Waals surface area (Å²) in [6.07, 6.45) is -4.29. The van der Waals surface area contributed by atoms with Crippen LogP contribution in [0, 0.1) is 17.5 Å². The first-order valence-corrected chi connectivity index (χ1v) is 9.47. The second-order valence-electron chi connectivity index (χ2n) is 7.42. The molecule has 0 spiro atoms. The molecule has 1 unspecified atom stereocenters. The summed E-state index contributed by atoms with van der Waals surface area (Å²) in [6, 6.07) is 3.40. The van der Waals surface area contributed by atoms with Crippen LogP contribution in [0.2, 0.25) is 0 Å². The number of amides is 2. The first-order valence-electron chi connectivity index (χ1n) is 9.47. The zero-order valence-electron chi connectivity index (χ0n) is 16.7. The topological polar surface area (TPSA) is 86.9 Å². The van der Waals surface area contributed by atoms with Gasteiger partial charge < -0.3 is 10.6 Å². The fraction of sp³-hybridized carbons (Fsp3) is 0.190. The Balaban J connectivity index is 1.75. The van der Waals surface area contributed by atoms with Gasteiger partial charge in [-0.2, -0.15) is 18.3 Å². The zero-order valence-corrected chi connectivity index (χ0v) is 16.7. The van der Waals surface area contributed by atoms with Crippen LogP contribution in [0.25, 0.3) is 10.9 Å². The monoisotopic (exact) mass is 468 g/mol. The van der Waals surface area contributed by atoms with E-state index in [4.69, 9.17) is 0 Å². The van der Waals surface area contributed by atoms with Gasteiger partial charge in [-0.1, -0.05) is 6.07 Å². The molecule has 2 amide bonds. The highest BCUT2D eigenvalue weighted by atomic mass is 19.4. The summed E-state index contributed by atoms with van der Waals surface area (Å²) in [4.78, 5) is 25.0. The van der Waals surface area contributed by atoms with Crippen molar-refractivity contribution in [1.82, 2.24) is 15.5 Å². The molecule has 6 nitrogen and oxygen atoms in total. The molecule has 0 fully saturated rings. The number of fused-ring (bicyclic) bond motifs is 1. The van der Waals surface area contributed by atoms with Gasteiger partial charge in [-0.25, -0.2) is 13.2 Å². The van der Waals surface area contributed by atoms with Gasteiger partial charge in [0.2, 0.25) is 5.91 Å². The first kappa shape index (κ1) is 22.4. The van der Waals surface area contributed by atoms with Crippen molar-refractivity contribution in [2.24, 2.45) is 0 Å². The number of carbonyl (C=O) groups excluding carboxylic acids is 2. The van der Waals surface area contributed by atoms with Gasteiger partial charge in [-0.05, 0) is 24.6 Å². The summed E-state index contributed by atoms with van der Waals surface area (Å²) in [5.41, 5.74) is -2.58. The third kappa shape index (κ3) is 4.03. The number of nitrogens with zero attached hydrogens (tertiary/aromatic N) is 1. The number of hydrogen-bond acceptors (Lipinski definition) is 3. The van der Waals surface area contributed by atoms with E-state index in [1.165, 1.54) is 19.2 Å². The van der Waals surface area contributed by atoms with Gasteiger partial charge >= 0.3 is 6.18 Å². The number of rotatable bonds is 3. The van der Waals surface area contributed by atoms with Crippen LogP contribution in [-0.2, 0) is 15.8 Å². The Bertz CT molecular complexity index is 1330. The molecule has 172 valence electrons. The number of carbonyl (C=O) groups is 2. The number of H-pyrrole nitrogens is 1. The minimum Gasteiger partial charge on any atom is -0.330 e. The molecule has 1 aliphatic heterocycles. The van der Waals surface area contributed by atoms with Gasteiger partial charge in [0.15, 0.2) is 11.6 Å². The molecule has 12 heteroatoms. The molecule has 33 heavy (non-hydrogen) atoms. The average Bonchev–Trinajstić information content (AvgIpc) is 3.15. The predicted molar refractivity (Wildman–Crippen MR) is 104 cm³/mol. The molecular weight excluding hydrogens is 454 g/mol. The summed E-state index contributed by atoms with van der Waals surface area (Å²) in [5.74, 6) is -7.79. The number of anilines is 1. The summed E-state index contributed by atoms with van der Waals surface area (Å²) < 4.78 is 82.0. The number of allylic oxidation sites excluding steroid dienone is 1. The number of hydrogen-bond donors (Lipinski definition) is 3. The van der Waals surface area contributed by atoms with Crippen molar-refractivity contribution in [3.63, 3.8) is 0 Å². The number of benzene rings is 2. The van der Waals surface area contributed by atoms with Crippen molar-refractivity contribution in [3.8, 4) is 0 Å². The molecule has 1 aliphatic rings. The van der Waals surface area contributed by atoms with E-state index in [0.717, 1.165) is 6.07 Å². The second-order valence-corrected chi connectivity index (χ2v) is 7.42. The number of alkyl halides is 3. The van der Waals surface area contributed by atoms with Crippen LogP contribution in [0.3, 0.4) is 0 Å². The zero-order chi connectivity index (χ0) is 24.1. The normalized spacial score (nSPS) is 16.8. The van der Waals surface area contributed by atoms with Crippen LogP contribution in [0.15, 0.2) is 41.7 Å². The lowest BCUT2D eigenvalue weighted by molar-refractivity contribution is -0.140. The third-order valence-corrected chi connectivity index (χ3v) is 5.28. The van der Waals surface area contributed by atoms with Gasteiger partial charge in [0.25, 0.3) is 5.91 Å². The Kier molecular flexibility index (Phi) is 5.38. The largest absolute Gasteiger partial charge is 0.419 e. The lowest BCUT2D eigenvalue weighted by Crippen LogP contribution is -2.36. The quantitative estimate of drug-likeness (QED) is 0.495. The van der Waals surface area contributed by atoms with Crippen LogP contribution < -0.4 is 10.6 Å².